The van der Waals surface area contributed by atoms with Gasteiger partial charge in [-0.2, -0.15) is 5.26 Å². The SMILES string of the molecule is Cc1sc(C(O)C2(C#N)Cc3ccccc3C2)cc1Br. The van der Waals surface area contributed by atoms with Crippen molar-refractivity contribution in [2.24, 2.45) is 5.41 Å². The smallest absolute Gasteiger partial charge is 0.107 e. The molecule has 1 N–H and O–H groups in total. The van der Waals surface area contributed by atoms with E-state index in [0.717, 1.165) is 14.2 Å². The first-order valence-electron chi connectivity index (χ1n) is 6.48. The average molecular weight is 348 g/mol. The summed E-state index contributed by atoms with van der Waals surface area (Å²) in [6, 6.07) is 12.4. The zero-order valence-electron chi connectivity index (χ0n) is 11.1. The second-order valence-electron chi connectivity index (χ2n) is 5.35. The minimum atomic E-state index is -0.741. The first kappa shape index (κ1) is 13.8. The van der Waals surface area contributed by atoms with Crippen LogP contribution in [0.1, 0.15) is 27.0 Å². The van der Waals surface area contributed by atoms with E-state index in [1.807, 2.05) is 25.1 Å². The Balaban J connectivity index is 1.98. The lowest BCUT2D eigenvalue weighted by atomic mass is 9.80. The predicted octanol–water partition coefficient (Wildman–Crippen LogP) is 4.16. The van der Waals surface area contributed by atoms with Crippen LogP contribution in [-0.2, 0) is 12.8 Å². The van der Waals surface area contributed by atoms with Gasteiger partial charge in [0, 0.05) is 14.2 Å². The summed E-state index contributed by atoms with van der Waals surface area (Å²) < 4.78 is 1.00. The molecule has 0 spiro atoms. The highest BCUT2D eigenvalue weighted by molar-refractivity contribution is 9.10. The molecule has 3 rings (SSSR count). The van der Waals surface area contributed by atoms with Crippen molar-refractivity contribution in [2.45, 2.75) is 25.9 Å². The van der Waals surface area contributed by atoms with Gasteiger partial charge in [-0.05, 0) is 52.9 Å². The van der Waals surface area contributed by atoms with Gasteiger partial charge >= 0.3 is 0 Å². The van der Waals surface area contributed by atoms with E-state index in [1.165, 1.54) is 11.1 Å². The van der Waals surface area contributed by atoms with E-state index < -0.39 is 11.5 Å². The lowest BCUT2D eigenvalue weighted by molar-refractivity contribution is 0.0725. The van der Waals surface area contributed by atoms with Crippen LogP contribution in [0.5, 0.6) is 0 Å². The maximum absolute atomic E-state index is 10.7. The normalized spacial score (nSPS) is 17.5. The molecule has 0 radical (unpaired) electrons. The van der Waals surface area contributed by atoms with Crippen molar-refractivity contribution in [1.82, 2.24) is 0 Å². The number of nitriles is 1. The van der Waals surface area contributed by atoms with Crippen LogP contribution in [0, 0.1) is 23.7 Å². The zero-order chi connectivity index (χ0) is 14.3. The fraction of sp³-hybridized carbons (Fsp3) is 0.312. The molecule has 1 aromatic carbocycles. The molecule has 1 atom stereocenters. The monoisotopic (exact) mass is 347 g/mol. The van der Waals surface area contributed by atoms with Gasteiger partial charge in [-0.25, -0.2) is 0 Å². The Hall–Kier alpha value is -1.15. The standard InChI is InChI=1S/C16H14BrNOS/c1-10-13(17)6-14(20-10)15(19)16(9-18)7-11-4-2-3-5-12(11)8-16/h2-6,15,19H,7-8H2,1H3. The molecule has 0 bridgehead atoms. The summed E-state index contributed by atoms with van der Waals surface area (Å²) in [4.78, 5) is 1.99. The molecule has 0 saturated heterocycles. The number of fused-ring (bicyclic) bond motifs is 1. The molecule has 0 saturated carbocycles. The molecular formula is C16H14BrNOS. The van der Waals surface area contributed by atoms with Gasteiger partial charge in [-0.15, -0.1) is 11.3 Å². The summed E-state index contributed by atoms with van der Waals surface area (Å²) in [7, 11) is 0. The Morgan fingerprint density at radius 2 is 1.95 bits per heavy atom. The number of nitrogens with zero attached hydrogens (tertiary/aromatic N) is 1. The number of rotatable bonds is 2. The number of hydrogen-bond acceptors (Lipinski definition) is 3. The van der Waals surface area contributed by atoms with Crippen molar-refractivity contribution >= 4 is 27.3 Å². The van der Waals surface area contributed by atoms with E-state index in [0.29, 0.717) is 12.8 Å². The number of halogens is 1. The molecule has 102 valence electrons. The third-order valence-electron chi connectivity index (χ3n) is 4.02. The van der Waals surface area contributed by atoms with Crippen molar-refractivity contribution in [3.8, 4) is 6.07 Å². The van der Waals surface area contributed by atoms with Crippen molar-refractivity contribution < 1.29 is 5.11 Å². The fourth-order valence-corrected chi connectivity index (χ4v) is 4.53. The maximum atomic E-state index is 10.7. The highest BCUT2D eigenvalue weighted by Crippen LogP contribution is 2.47. The van der Waals surface area contributed by atoms with Gasteiger partial charge in [0.15, 0.2) is 0 Å². The summed E-state index contributed by atoms with van der Waals surface area (Å²) in [5, 5.41) is 20.4. The summed E-state index contributed by atoms with van der Waals surface area (Å²) in [6.45, 7) is 2.01. The van der Waals surface area contributed by atoms with Crippen molar-refractivity contribution in [2.75, 3.05) is 0 Å². The molecule has 1 unspecified atom stereocenters. The molecule has 4 heteroatoms. The van der Waals surface area contributed by atoms with E-state index in [2.05, 4.69) is 34.1 Å². The summed E-state index contributed by atoms with van der Waals surface area (Å²) in [5.41, 5.74) is 1.63. The topological polar surface area (TPSA) is 44.0 Å². The third-order valence-corrected chi connectivity index (χ3v) is 6.21. The minimum Gasteiger partial charge on any atom is -0.386 e. The largest absolute Gasteiger partial charge is 0.386 e. The lowest BCUT2D eigenvalue weighted by Gasteiger charge is -2.26. The van der Waals surface area contributed by atoms with Gasteiger partial charge < -0.3 is 5.11 Å². The maximum Gasteiger partial charge on any atom is 0.107 e. The lowest BCUT2D eigenvalue weighted by Crippen LogP contribution is -2.27. The van der Waals surface area contributed by atoms with Crippen LogP contribution in [0.4, 0.5) is 0 Å². The third kappa shape index (κ3) is 2.10. The Kier molecular flexibility index (Phi) is 3.45. The van der Waals surface area contributed by atoms with Gasteiger partial charge in [0.25, 0.3) is 0 Å². The van der Waals surface area contributed by atoms with Crippen LogP contribution in [-0.4, -0.2) is 5.11 Å². The van der Waals surface area contributed by atoms with Crippen LogP contribution in [0.3, 0.4) is 0 Å². The first-order valence-corrected chi connectivity index (χ1v) is 8.08. The number of hydrogen-bond donors (Lipinski definition) is 1. The van der Waals surface area contributed by atoms with Crippen LogP contribution < -0.4 is 0 Å². The number of aliphatic hydroxyl groups excluding tert-OH is 1. The average Bonchev–Trinajstić information content (AvgIpc) is 2.99. The Labute approximate surface area is 130 Å². The van der Waals surface area contributed by atoms with Crippen molar-refractivity contribution in [3.63, 3.8) is 0 Å². The van der Waals surface area contributed by atoms with E-state index in [4.69, 9.17) is 0 Å². The first-order chi connectivity index (χ1) is 9.55. The number of thiophene rings is 1. The number of benzene rings is 1. The quantitative estimate of drug-likeness (QED) is 0.886. The Morgan fingerprint density at radius 1 is 1.35 bits per heavy atom. The number of aryl methyl sites for hydroxylation is 1. The van der Waals surface area contributed by atoms with Crippen LogP contribution >= 0.6 is 27.3 Å². The molecule has 0 fully saturated rings. The van der Waals surface area contributed by atoms with Gasteiger partial charge in [0.05, 0.1) is 11.5 Å². The second kappa shape index (κ2) is 5.00. The Bertz CT molecular complexity index is 656. The molecule has 20 heavy (non-hydrogen) atoms. The highest BCUT2D eigenvalue weighted by atomic mass is 79.9. The molecule has 2 aromatic rings. The second-order valence-corrected chi connectivity index (χ2v) is 7.49. The van der Waals surface area contributed by atoms with Gasteiger partial charge in [-0.3, -0.25) is 0 Å². The van der Waals surface area contributed by atoms with E-state index >= 15 is 0 Å². The highest BCUT2D eigenvalue weighted by Gasteiger charge is 2.45. The molecule has 0 aliphatic heterocycles. The summed E-state index contributed by atoms with van der Waals surface area (Å²) >= 11 is 5.03. The Morgan fingerprint density at radius 3 is 2.40 bits per heavy atom. The van der Waals surface area contributed by atoms with Crippen LogP contribution in [0.2, 0.25) is 0 Å². The molecule has 2 nitrogen and oxygen atoms in total. The predicted molar refractivity (Wildman–Crippen MR) is 83.6 cm³/mol. The summed E-state index contributed by atoms with van der Waals surface area (Å²) in [6.07, 6.45) is 0.500. The minimum absolute atomic E-state index is 0.620. The van der Waals surface area contributed by atoms with Gasteiger partial charge in [0.2, 0.25) is 0 Å². The molecule has 1 aliphatic carbocycles. The fourth-order valence-electron chi connectivity index (χ4n) is 2.87. The molecule has 1 heterocycles. The summed E-state index contributed by atoms with van der Waals surface area (Å²) in [5.74, 6) is 0. The molecule has 1 aliphatic rings. The van der Waals surface area contributed by atoms with Gasteiger partial charge in [-0.1, -0.05) is 24.3 Å². The van der Waals surface area contributed by atoms with Gasteiger partial charge in [0.1, 0.15) is 6.10 Å². The number of aliphatic hydroxyl groups is 1. The van der Waals surface area contributed by atoms with E-state index in [-0.39, 0.29) is 0 Å². The van der Waals surface area contributed by atoms with Crippen molar-refractivity contribution in [3.05, 3.63) is 55.7 Å². The molecule has 0 amide bonds. The van der Waals surface area contributed by atoms with Crippen molar-refractivity contribution in [1.29, 1.82) is 5.26 Å². The van der Waals surface area contributed by atoms with E-state index in [9.17, 15) is 10.4 Å². The van der Waals surface area contributed by atoms with E-state index in [1.54, 1.807) is 11.3 Å². The van der Waals surface area contributed by atoms with Crippen LogP contribution in [0.25, 0.3) is 0 Å². The zero-order valence-corrected chi connectivity index (χ0v) is 13.5. The van der Waals surface area contributed by atoms with Crippen LogP contribution in [0.15, 0.2) is 34.8 Å². The molecular weight excluding hydrogens is 334 g/mol. The molecule has 1 aromatic heterocycles.